The molecule has 0 saturated heterocycles. The molecule has 0 unspecified atom stereocenters. The average Bonchev–Trinajstić information content (AvgIpc) is 2.87. The molecule has 1 heterocycles. The summed E-state index contributed by atoms with van der Waals surface area (Å²) in [5.41, 5.74) is 2.62. The van der Waals surface area contributed by atoms with Crippen molar-refractivity contribution < 1.29 is 29.5 Å². The number of aromatic hydroxyl groups is 1. The van der Waals surface area contributed by atoms with E-state index in [-0.39, 0.29) is 38.7 Å². The largest absolute Gasteiger partial charge is 0.508 e. The number of hydrogen-bond acceptors (Lipinski definition) is 7. The van der Waals surface area contributed by atoms with Gasteiger partial charge in [0.15, 0.2) is 10.5 Å². The van der Waals surface area contributed by atoms with Gasteiger partial charge in [-0.05, 0) is 71.8 Å². The molecule has 1 aliphatic heterocycles. The standard InChI is InChI=1S/C27H19BN2O7S/c31-17-5-8-20-23(12-17)37-24-13-18(32)6-9-21(24)25(20)19-7-4-16(11-22(19)26(33)34)30-27(38)29-15-3-1-2-14(10-15)28(35)36/h1-13,31,35-36H,(H,33,34)(H2,29,30,38). The Labute approximate surface area is 221 Å². The highest BCUT2D eigenvalue weighted by atomic mass is 32.1. The van der Waals surface area contributed by atoms with Gasteiger partial charge in [0.1, 0.15) is 17.1 Å². The van der Waals surface area contributed by atoms with Gasteiger partial charge in [0.2, 0.25) is 0 Å². The Kier molecular flexibility index (Phi) is 6.56. The summed E-state index contributed by atoms with van der Waals surface area (Å²) in [5.74, 6) is -0.971. The molecule has 1 aliphatic carbocycles. The molecule has 0 radical (unpaired) electrons. The van der Waals surface area contributed by atoms with E-state index in [4.69, 9.17) is 16.6 Å². The van der Waals surface area contributed by atoms with Crippen LogP contribution in [0.3, 0.4) is 0 Å². The van der Waals surface area contributed by atoms with E-state index in [0.717, 1.165) is 0 Å². The molecule has 0 spiro atoms. The fourth-order valence-corrected chi connectivity index (χ4v) is 4.47. The van der Waals surface area contributed by atoms with Gasteiger partial charge in [-0.15, -0.1) is 0 Å². The van der Waals surface area contributed by atoms with Crippen LogP contribution in [0.15, 0.2) is 88.1 Å². The van der Waals surface area contributed by atoms with Gasteiger partial charge in [0.05, 0.1) is 5.56 Å². The van der Waals surface area contributed by atoms with Gasteiger partial charge < -0.3 is 35.3 Å². The maximum absolute atomic E-state index is 12.4. The number of benzene rings is 4. The predicted octanol–water partition coefficient (Wildman–Crippen LogP) is 3.46. The summed E-state index contributed by atoms with van der Waals surface area (Å²) in [5, 5.41) is 45.4. The number of phenolic OH excluding ortho intramolecular Hbond substituents is 1. The first-order chi connectivity index (χ1) is 18.2. The molecule has 9 nitrogen and oxygen atoms in total. The fraction of sp³-hybridized carbons (Fsp3) is 0. The van der Waals surface area contributed by atoms with Crippen molar-refractivity contribution in [3.8, 4) is 28.2 Å². The van der Waals surface area contributed by atoms with Gasteiger partial charge in [-0.2, -0.15) is 0 Å². The van der Waals surface area contributed by atoms with Crippen LogP contribution in [0.4, 0.5) is 11.4 Å². The molecular weight excluding hydrogens is 507 g/mol. The zero-order valence-electron chi connectivity index (χ0n) is 19.5. The zero-order chi connectivity index (χ0) is 27.0. The minimum Gasteiger partial charge on any atom is -0.508 e. The Hall–Kier alpha value is -4.71. The predicted molar refractivity (Wildman–Crippen MR) is 149 cm³/mol. The summed E-state index contributed by atoms with van der Waals surface area (Å²) in [6, 6.07) is 19.9. The molecule has 0 fully saturated rings. The number of fused-ring (bicyclic) bond motifs is 2. The number of phenols is 1. The fourth-order valence-electron chi connectivity index (χ4n) is 4.24. The van der Waals surface area contributed by atoms with Gasteiger partial charge in [0, 0.05) is 40.0 Å². The molecule has 11 heteroatoms. The second-order valence-corrected chi connectivity index (χ2v) is 8.87. The van der Waals surface area contributed by atoms with Crippen molar-refractivity contribution in [3.05, 3.63) is 94.6 Å². The third kappa shape index (κ3) is 4.93. The van der Waals surface area contributed by atoms with Crippen LogP contribution in [0.2, 0.25) is 0 Å². The number of nitrogens with one attached hydrogen (secondary N) is 2. The summed E-state index contributed by atoms with van der Waals surface area (Å²) < 4.78 is 5.85. The maximum Gasteiger partial charge on any atom is 0.488 e. The van der Waals surface area contributed by atoms with E-state index in [9.17, 15) is 29.9 Å². The molecule has 6 N–H and O–H groups in total. The van der Waals surface area contributed by atoms with Gasteiger partial charge in [-0.1, -0.05) is 18.2 Å². The van der Waals surface area contributed by atoms with E-state index >= 15 is 0 Å². The SMILES string of the molecule is O=C(O)c1cc(NC(=S)Nc2cccc(B(O)O)c2)ccc1-c1c2ccc(=O)cc-2oc2cc(O)ccc12. The van der Waals surface area contributed by atoms with E-state index in [2.05, 4.69) is 10.6 Å². The maximum atomic E-state index is 12.4. The zero-order valence-corrected chi connectivity index (χ0v) is 20.3. The van der Waals surface area contributed by atoms with E-state index in [1.54, 1.807) is 42.5 Å². The van der Waals surface area contributed by atoms with Crippen molar-refractivity contribution in [2.75, 3.05) is 10.6 Å². The summed E-state index contributed by atoms with van der Waals surface area (Å²) >= 11 is 5.35. The summed E-state index contributed by atoms with van der Waals surface area (Å²) in [6.07, 6.45) is 0. The number of carboxylic acids is 1. The number of rotatable bonds is 5. The molecule has 0 amide bonds. The Bertz CT molecular complexity index is 1750. The average molecular weight is 526 g/mol. The molecule has 0 bridgehead atoms. The molecule has 188 valence electrons. The molecule has 38 heavy (non-hydrogen) atoms. The minimum absolute atomic E-state index is 0.0312. The Balaban J connectivity index is 1.56. The van der Waals surface area contributed by atoms with E-state index in [1.807, 2.05) is 0 Å². The Morgan fingerprint density at radius 2 is 1.61 bits per heavy atom. The number of thiocarbonyl (C=S) groups is 1. The monoisotopic (exact) mass is 526 g/mol. The first-order valence-corrected chi connectivity index (χ1v) is 11.7. The summed E-state index contributed by atoms with van der Waals surface area (Å²) in [6.45, 7) is 0. The lowest BCUT2D eigenvalue weighted by molar-refractivity contribution is 0.0697. The van der Waals surface area contributed by atoms with Gasteiger partial charge >= 0.3 is 13.1 Å². The number of carboxylic acid groups (broad SMARTS) is 1. The number of hydrogen-bond donors (Lipinski definition) is 6. The Morgan fingerprint density at radius 1 is 0.868 bits per heavy atom. The van der Waals surface area contributed by atoms with Crippen molar-refractivity contribution >= 4 is 58.2 Å². The highest BCUT2D eigenvalue weighted by molar-refractivity contribution is 7.80. The molecule has 0 aromatic heterocycles. The molecule has 3 aromatic carbocycles. The summed E-state index contributed by atoms with van der Waals surface area (Å²) in [7, 11) is -1.63. The number of aromatic carboxylic acids is 1. The third-order valence-corrected chi connectivity index (χ3v) is 6.10. The van der Waals surface area contributed by atoms with Crippen LogP contribution in [-0.4, -0.2) is 38.5 Å². The van der Waals surface area contributed by atoms with Crippen LogP contribution < -0.4 is 21.5 Å². The minimum atomic E-state index is -1.63. The highest BCUT2D eigenvalue weighted by Gasteiger charge is 2.22. The van der Waals surface area contributed by atoms with Gasteiger partial charge in [-0.3, -0.25) is 4.79 Å². The summed E-state index contributed by atoms with van der Waals surface area (Å²) in [4.78, 5) is 24.4. The van der Waals surface area contributed by atoms with Crippen molar-refractivity contribution in [2.24, 2.45) is 0 Å². The lowest BCUT2D eigenvalue weighted by Crippen LogP contribution is -2.30. The molecule has 3 aromatic rings. The lowest BCUT2D eigenvalue weighted by Gasteiger charge is -2.18. The highest BCUT2D eigenvalue weighted by Crippen LogP contribution is 2.42. The van der Waals surface area contributed by atoms with Crippen LogP contribution in [-0.2, 0) is 0 Å². The van der Waals surface area contributed by atoms with Gasteiger partial charge in [-0.25, -0.2) is 4.79 Å². The van der Waals surface area contributed by atoms with Crippen LogP contribution >= 0.6 is 12.2 Å². The first kappa shape index (κ1) is 25.0. The molecular formula is C27H19BN2O7S. The van der Waals surface area contributed by atoms with Crippen molar-refractivity contribution in [1.82, 2.24) is 0 Å². The lowest BCUT2D eigenvalue weighted by atomic mass is 9.80. The van der Waals surface area contributed by atoms with E-state index in [1.165, 1.54) is 36.4 Å². The second kappa shape index (κ2) is 9.98. The number of carbonyl (C=O) groups is 1. The number of anilines is 2. The molecule has 0 atom stereocenters. The normalized spacial score (nSPS) is 10.9. The quantitative estimate of drug-likeness (QED) is 0.114. The molecule has 5 rings (SSSR count). The van der Waals surface area contributed by atoms with Crippen LogP contribution in [0.25, 0.3) is 33.4 Å². The second-order valence-electron chi connectivity index (χ2n) is 8.46. The van der Waals surface area contributed by atoms with Crippen molar-refractivity contribution in [1.29, 1.82) is 0 Å². The Morgan fingerprint density at radius 3 is 2.34 bits per heavy atom. The van der Waals surface area contributed by atoms with Crippen LogP contribution in [0.5, 0.6) is 5.75 Å². The topological polar surface area (TPSA) is 152 Å². The third-order valence-electron chi connectivity index (χ3n) is 5.90. The molecule has 2 aliphatic rings. The van der Waals surface area contributed by atoms with Crippen molar-refractivity contribution in [2.45, 2.75) is 0 Å². The smallest absolute Gasteiger partial charge is 0.488 e. The van der Waals surface area contributed by atoms with Crippen molar-refractivity contribution in [3.63, 3.8) is 0 Å². The van der Waals surface area contributed by atoms with Crippen LogP contribution in [0, 0.1) is 0 Å². The molecule has 0 saturated carbocycles. The first-order valence-electron chi connectivity index (χ1n) is 11.3. The van der Waals surface area contributed by atoms with E-state index in [0.29, 0.717) is 33.5 Å². The van der Waals surface area contributed by atoms with Crippen LogP contribution in [0.1, 0.15) is 10.4 Å². The van der Waals surface area contributed by atoms with E-state index < -0.39 is 13.1 Å². The van der Waals surface area contributed by atoms with Gasteiger partial charge in [0.25, 0.3) is 0 Å².